The van der Waals surface area contributed by atoms with E-state index < -0.39 is 4.92 Å². The quantitative estimate of drug-likeness (QED) is 0.507. The Hall–Kier alpha value is -2.78. The number of aromatic nitrogens is 2. The van der Waals surface area contributed by atoms with Crippen LogP contribution in [0.1, 0.15) is 5.56 Å². The van der Waals surface area contributed by atoms with Crippen LogP contribution < -0.4 is 10.6 Å². The largest absolute Gasteiger partial charge is 0.379 e. The number of nitrogens with one attached hydrogen (secondary N) is 2. The lowest BCUT2D eigenvalue weighted by Crippen LogP contribution is -2.39. The predicted molar refractivity (Wildman–Crippen MR) is 103 cm³/mol. The molecule has 0 radical (unpaired) electrons. The predicted octanol–water partition coefficient (Wildman–Crippen LogP) is 1.78. The molecule has 27 heavy (non-hydrogen) atoms. The zero-order chi connectivity index (χ0) is 18.9. The Morgan fingerprint density at radius 3 is 2.41 bits per heavy atom. The smallest absolute Gasteiger partial charge is 0.353 e. The van der Waals surface area contributed by atoms with Crippen molar-refractivity contribution in [3.63, 3.8) is 0 Å². The van der Waals surface area contributed by atoms with Gasteiger partial charge in [-0.15, -0.1) is 0 Å². The topological polar surface area (TPSA) is 105 Å². The van der Waals surface area contributed by atoms with Crippen LogP contribution in [0.4, 0.5) is 17.3 Å². The molecule has 1 aromatic carbocycles. The summed E-state index contributed by atoms with van der Waals surface area (Å²) in [6.45, 7) is 5.10. The number of benzene rings is 1. The van der Waals surface area contributed by atoms with Gasteiger partial charge in [0.15, 0.2) is 0 Å². The third-order valence-electron chi connectivity index (χ3n) is 4.38. The van der Waals surface area contributed by atoms with E-state index in [1.165, 1.54) is 6.33 Å². The highest BCUT2D eigenvalue weighted by atomic mass is 16.6. The van der Waals surface area contributed by atoms with Gasteiger partial charge in [-0.1, -0.05) is 30.3 Å². The number of nitrogens with zero attached hydrogens (tertiary/aromatic N) is 4. The van der Waals surface area contributed by atoms with Gasteiger partial charge in [0.05, 0.1) is 18.1 Å². The Morgan fingerprint density at radius 1 is 1.07 bits per heavy atom. The van der Waals surface area contributed by atoms with Gasteiger partial charge in [0, 0.05) is 32.7 Å². The van der Waals surface area contributed by atoms with E-state index in [-0.39, 0.29) is 17.3 Å². The lowest BCUT2D eigenvalue weighted by Gasteiger charge is -2.26. The van der Waals surface area contributed by atoms with Crippen LogP contribution in [-0.4, -0.2) is 65.7 Å². The first-order chi connectivity index (χ1) is 13.2. The van der Waals surface area contributed by atoms with E-state index >= 15 is 0 Å². The summed E-state index contributed by atoms with van der Waals surface area (Å²) in [4.78, 5) is 21.5. The van der Waals surface area contributed by atoms with Crippen molar-refractivity contribution in [1.82, 2.24) is 14.9 Å². The minimum atomic E-state index is -0.443. The normalized spacial score (nSPS) is 14.7. The van der Waals surface area contributed by atoms with Gasteiger partial charge in [-0.25, -0.2) is 9.97 Å². The second kappa shape index (κ2) is 9.79. The zero-order valence-corrected chi connectivity index (χ0v) is 15.1. The van der Waals surface area contributed by atoms with Crippen LogP contribution in [0.15, 0.2) is 36.7 Å². The molecular formula is C18H24N6O3. The van der Waals surface area contributed by atoms with Crippen LogP contribution in [0.25, 0.3) is 0 Å². The molecule has 0 saturated carbocycles. The average Bonchev–Trinajstić information content (AvgIpc) is 2.69. The molecule has 0 bridgehead atoms. The van der Waals surface area contributed by atoms with E-state index in [2.05, 4.69) is 25.5 Å². The second-order valence-electron chi connectivity index (χ2n) is 6.22. The molecule has 1 aliphatic heterocycles. The second-order valence-corrected chi connectivity index (χ2v) is 6.22. The Labute approximate surface area is 157 Å². The maximum Gasteiger partial charge on any atom is 0.353 e. The average molecular weight is 372 g/mol. The number of anilines is 2. The third kappa shape index (κ3) is 5.60. The fourth-order valence-corrected chi connectivity index (χ4v) is 2.94. The number of hydrogen-bond acceptors (Lipinski definition) is 8. The van der Waals surface area contributed by atoms with Crippen LogP contribution in [0.3, 0.4) is 0 Å². The van der Waals surface area contributed by atoms with Crippen molar-refractivity contribution in [2.24, 2.45) is 0 Å². The SMILES string of the molecule is O=[N+]([O-])c1c(NCCc2ccccc2)ncnc1NCCN1CCOCC1. The Balaban J connectivity index is 1.58. The highest BCUT2D eigenvalue weighted by Crippen LogP contribution is 2.28. The summed E-state index contributed by atoms with van der Waals surface area (Å²) in [7, 11) is 0. The Bertz CT molecular complexity index is 737. The van der Waals surface area contributed by atoms with E-state index in [1.54, 1.807) is 0 Å². The number of rotatable bonds is 9. The number of nitro groups is 1. The van der Waals surface area contributed by atoms with Gasteiger partial charge in [-0.3, -0.25) is 15.0 Å². The first-order valence-electron chi connectivity index (χ1n) is 9.05. The molecule has 144 valence electrons. The third-order valence-corrected chi connectivity index (χ3v) is 4.38. The highest BCUT2D eigenvalue weighted by Gasteiger charge is 2.22. The molecule has 1 aromatic heterocycles. The van der Waals surface area contributed by atoms with Crippen LogP contribution in [0.5, 0.6) is 0 Å². The van der Waals surface area contributed by atoms with E-state index in [0.29, 0.717) is 13.1 Å². The zero-order valence-electron chi connectivity index (χ0n) is 15.1. The monoisotopic (exact) mass is 372 g/mol. The van der Waals surface area contributed by atoms with Gasteiger partial charge in [0.2, 0.25) is 11.6 Å². The van der Waals surface area contributed by atoms with Gasteiger partial charge in [-0.2, -0.15) is 0 Å². The summed E-state index contributed by atoms with van der Waals surface area (Å²) in [6, 6.07) is 9.95. The minimum absolute atomic E-state index is 0.118. The molecule has 0 atom stereocenters. The number of ether oxygens (including phenoxy) is 1. The van der Waals surface area contributed by atoms with Crippen molar-refractivity contribution >= 4 is 17.3 Å². The number of hydrogen-bond donors (Lipinski definition) is 2. The molecule has 9 heteroatoms. The van der Waals surface area contributed by atoms with Gasteiger partial charge in [-0.05, 0) is 12.0 Å². The number of morpholine rings is 1. The molecule has 2 heterocycles. The molecule has 1 fully saturated rings. The van der Waals surface area contributed by atoms with Crippen LogP contribution in [-0.2, 0) is 11.2 Å². The highest BCUT2D eigenvalue weighted by molar-refractivity contribution is 5.69. The standard InChI is InChI=1S/C18H24N6O3/c25-24(26)16-17(19-7-6-15-4-2-1-3-5-15)21-14-22-18(16)20-8-9-23-10-12-27-13-11-23/h1-5,14H,6-13H2,(H2,19,20,21,22). The molecule has 0 spiro atoms. The summed E-state index contributed by atoms with van der Waals surface area (Å²) >= 11 is 0. The fourth-order valence-electron chi connectivity index (χ4n) is 2.94. The van der Waals surface area contributed by atoms with E-state index in [4.69, 9.17) is 4.74 Å². The lowest BCUT2D eigenvalue weighted by molar-refractivity contribution is -0.383. The Kier molecular flexibility index (Phi) is 6.89. The summed E-state index contributed by atoms with van der Waals surface area (Å²) in [6.07, 6.45) is 2.09. The molecule has 0 amide bonds. The van der Waals surface area contributed by atoms with Gasteiger partial charge in [0.1, 0.15) is 6.33 Å². The van der Waals surface area contributed by atoms with E-state index in [9.17, 15) is 10.1 Å². The van der Waals surface area contributed by atoms with Gasteiger partial charge < -0.3 is 15.4 Å². The summed E-state index contributed by atoms with van der Waals surface area (Å²) in [5.74, 6) is 0.477. The molecule has 9 nitrogen and oxygen atoms in total. The van der Waals surface area contributed by atoms with Crippen molar-refractivity contribution in [2.75, 3.05) is 56.6 Å². The fraction of sp³-hybridized carbons (Fsp3) is 0.444. The van der Waals surface area contributed by atoms with E-state index in [1.807, 2.05) is 30.3 Å². The maximum atomic E-state index is 11.6. The molecule has 3 rings (SSSR count). The van der Waals surface area contributed by atoms with Crippen molar-refractivity contribution < 1.29 is 9.66 Å². The van der Waals surface area contributed by atoms with Crippen molar-refractivity contribution in [3.8, 4) is 0 Å². The van der Waals surface area contributed by atoms with Crippen LogP contribution in [0.2, 0.25) is 0 Å². The maximum absolute atomic E-state index is 11.6. The summed E-state index contributed by atoms with van der Waals surface area (Å²) in [5.41, 5.74) is 1.04. The molecule has 0 unspecified atom stereocenters. The van der Waals surface area contributed by atoms with Crippen LogP contribution in [0, 0.1) is 10.1 Å². The first-order valence-corrected chi connectivity index (χ1v) is 9.05. The minimum Gasteiger partial charge on any atom is -0.379 e. The lowest BCUT2D eigenvalue weighted by atomic mass is 10.1. The van der Waals surface area contributed by atoms with Crippen LogP contribution >= 0.6 is 0 Å². The molecule has 0 aliphatic carbocycles. The van der Waals surface area contributed by atoms with Gasteiger partial charge >= 0.3 is 5.69 Å². The van der Waals surface area contributed by atoms with Crippen molar-refractivity contribution in [2.45, 2.75) is 6.42 Å². The Morgan fingerprint density at radius 2 is 1.74 bits per heavy atom. The van der Waals surface area contributed by atoms with Crippen molar-refractivity contribution in [1.29, 1.82) is 0 Å². The summed E-state index contributed by atoms with van der Waals surface area (Å²) < 4.78 is 5.32. The molecule has 2 aromatic rings. The molecule has 1 aliphatic rings. The van der Waals surface area contributed by atoms with Crippen molar-refractivity contribution in [3.05, 3.63) is 52.3 Å². The van der Waals surface area contributed by atoms with Gasteiger partial charge in [0.25, 0.3) is 0 Å². The molecule has 1 saturated heterocycles. The first kappa shape index (κ1) is 19.0. The molecule has 2 N–H and O–H groups in total. The summed E-state index contributed by atoms with van der Waals surface area (Å²) in [5, 5.41) is 17.7. The van der Waals surface area contributed by atoms with E-state index in [0.717, 1.165) is 44.8 Å². The molecular weight excluding hydrogens is 348 g/mol.